The first-order valence-electron chi connectivity index (χ1n) is 14.1. The van der Waals surface area contributed by atoms with Crippen molar-refractivity contribution in [2.75, 3.05) is 25.0 Å². The van der Waals surface area contributed by atoms with Gasteiger partial charge in [-0.3, -0.25) is 14.6 Å². The van der Waals surface area contributed by atoms with Crippen molar-refractivity contribution in [1.29, 1.82) is 0 Å². The molecule has 0 N–H and O–H groups in total. The molecule has 0 spiro atoms. The minimum absolute atomic E-state index is 0.148. The number of amides is 1. The van der Waals surface area contributed by atoms with Crippen LogP contribution in [0.25, 0.3) is 6.08 Å². The lowest BCUT2D eigenvalue weighted by molar-refractivity contribution is -0.139. The molecule has 8 nitrogen and oxygen atoms in total. The highest BCUT2D eigenvalue weighted by molar-refractivity contribution is 5.97. The smallest absolute Gasteiger partial charge is 0.416 e. The Kier molecular flexibility index (Phi) is 10.2. The Morgan fingerprint density at radius 2 is 1.81 bits per heavy atom. The summed E-state index contributed by atoms with van der Waals surface area (Å²) in [5.41, 5.74) is 1.89. The van der Waals surface area contributed by atoms with Crippen LogP contribution in [0.3, 0.4) is 0 Å². The van der Waals surface area contributed by atoms with Gasteiger partial charge >= 0.3 is 6.18 Å². The van der Waals surface area contributed by atoms with Gasteiger partial charge in [0.05, 0.1) is 17.8 Å². The molecule has 1 fully saturated rings. The highest BCUT2D eigenvalue weighted by Crippen LogP contribution is 2.30. The molecule has 1 saturated heterocycles. The van der Waals surface area contributed by atoms with Crippen molar-refractivity contribution < 1.29 is 27.5 Å². The fourth-order valence-corrected chi connectivity index (χ4v) is 5.13. The molecular formula is C32H36F3N5O3. The molecule has 3 aromatic rings. The van der Waals surface area contributed by atoms with Gasteiger partial charge in [0.2, 0.25) is 0 Å². The van der Waals surface area contributed by atoms with Crippen molar-refractivity contribution in [1.82, 2.24) is 19.8 Å². The number of likely N-dealkylation sites (tertiary alicyclic amines) is 1. The first-order valence-corrected chi connectivity index (χ1v) is 14.1. The number of hydrogen-bond acceptors (Lipinski definition) is 7. The third kappa shape index (κ3) is 8.19. The number of benzene rings is 1. The van der Waals surface area contributed by atoms with E-state index >= 15 is 0 Å². The molecule has 1 amide bonds. The van der Waals surface area contributed by atoms with Gasteiger partial charge in [-0.2, -0.15) is 13.2 Å². The normalized spacial score (nSPS) is 14.9. The van der Waals surface area contributed by atoms with Crippen LogP contribution < -0.4 is 4.90 Å². The molecule has 1 aromatic carbocycles. The predicted octanol–water partition coefficient (Wildman–Crippen LogP) is 5.99. The van der Waals surface area contributed by atoms with E-state index in [-0.39, 0.29) is 24.8 Å². The van der Waals surface area contributed by atoms with Crippen molar-refractivity contribution in [3.05, 3.63) is 89.1 Å². The lowest BCUT2D eigenvalue weighted by Crippen LogP contribution is -2.49. The number of ether oxygens (including phenoxy) is 1. The molecule has 2 aromatic heterocycles. The van der Waals surface area contributed by atoms with E-state index < -0.39 is 17.6 Å². The summed E-state index contributed by atoms with van der Waals surface area (Å²) in [5.74, 6) is -0.142. The van der Waals surface area contributed by atoms with Gasteiger partial charge in [0.1, 0.15) is 5.82 Å². The maximum Gasteiger partial charge on any atom is 0.416 e. The number of aromatic nitrogens is 2. The summed E-state index contributed by atoms with van der Waals surface area (Å²) in [6.07, 6.45) is -0.0698. The average Bonchev–Trinajstić information content (AvgIpc) is 2.99. The van der Waals surface area contributed by atoms with E-state index in [1.54, 1.807) is 11.1 Å². The number of piperidine rings is 1. The number of carbonyl (C=O) groups excluding carboxylic acids is 2. The molecule has 0 radical (unpaired) electrons. The van der Waals surface area contributed by atoms with Crippen LogP contribution in [0.1, 0.15) is 49.2 Å². The zero-order valence-electron chi connectivity index (χ0n) is 24.7. The second kappa shape index (κ2) is 13.8. The Morgan fingerprint density at radius 1 is 1.12 bits per heavy atom. The summed E-state index contributed by atoms with van der Waals surface area (Å²) in [4.78, 5) is 40.4. The molecule has 1 aliphatic rings. The van der Waals surface area contributed by atoms with Gasteiger partial charge in [-0.15, -0.1) is 0 Å². The SMILES string of the molecule is Cc1cc(N(C)c2cccc(CN(C(=O)/C(=C\c3ccc(C(F)(F)F)cc3)OC=O)C3CCN(C(C)C)CC3)n2)ccn1. The Bertz CT molecular complexity index is 1430. The Balaban J connectivity index is 1.65. The number of carbonyl (C=O) groups is 2. The molecule has 0 aliphatic carbocycles. The number of aryl methyl sites for hydroxylation is 1. The molecule has 0 bridgehead atoms. The van der Waals surface area contributed by atoms with Crippen molar-refractivity contribution in [3.8, 4) is 0 Å². The van der Waals surface area contributed by atoms with Gasteiger partial charge in [0.15, 0.2) is 5.76 Å². The highest BCUT2D eigenvalue weighted by Gasteiger charge is 2.32. The molecule has 228 valence electrons. The Hall–Kier alpha value is -4.25. The van der Waals surface area contributed by atoms with Gasteiger partial charge < -0.3 is 19.4 Å². The van der Waals surface area contributed by atoms with Gasteiger partial charge in [-0.1, -0.05) is 18.2 Å². The Labute approximate surface area is 249 Å². The molecule has 0 saturated carbocycles. The summed E-state index contributed by atoms with van der Waals surface area (Å²) >= 11 is 0. The second-order valence-corrected chi connectivity index (χ2v) is 10.8. The number of nitrogens with zero attached hydrogens (tertiary/aromatic N) is 5. The first-order chi connectivity index (χ1) is 20.5. The van der Waals surface area contributed by atoms with Crippen molar-refractivity contribution >= 4 is 30.0 Å². The summed E-state index contributed by atoms with van der Waals surface area (Å²) in [6, 6.07) is 13.9. The summed E-state index contributed by atoms with van der Waals surface area (Å²) < 4.78 is 44.3. The molecule has 1 aliphatic heterocycles. The topological polar surface area (TPSA) is 78.9 Å². The minimum atomic E-state index is -4.49. The van der Waals surface area contributed by atoms with Crippen molar-refractivity contribution in [2.45, 2.75) is 58.4 Å². The first kappa shape index (κ1) is 31.7. The van der Waals surface area contributed by atoms with Crippen molar-refractivity contribution in [3.63, 3.8) is 0 Å². The van der Waals surface area contributed by atoms with Gasteiger partial charge in [0.25, 0.3) is 12.4 Å². The molecule has 43 heavy (non-hydrogen) atoms. The number of rotatable bonds is 10. The molecule has 4 rings (SSSR count). The van der Waals surface area contributed by atoms with E-state index in [0.29, 0.717) is 36.0 Å². The lowest BCUT2D eigenvalue weighted by atomic mass is 10.0. The Morgan fingerprint density at radius 3 is 2.42 bits per heavy atom. The van der Waals surface area contributed by atoms with Crippen LogP contribution in [0.15, 0.2) is 66.6 Å². The number of alkyl halides is 3. The molecule has 0 unspecified atom stereocenters. The fourth-order valence-electron chi connectivity index (χ4n) is 5.13. The molecular weight excluding hydrogens is 559 g/mol. The summed E-state index contributed by atoms with van der Waals surface area (Å²) in [6.45, 7) is 8.04. The zero-order valence-corrected chi connectivity index (χ0v) is 24.7. The number of pyridine rings is 2. The van der Waals surface area contributed by atoms with E-state index in [9.17, 15) is 22.8 Å². The number of hydrogen-bond donors (Lipinski definition) is 0. The standard InChI is InChI=1S/C32H36F3N5O3/c1-22(2)39-16-13-27(14-17-39)40(20-26-6-5-7-30(37-26)38(4)28-12-15-36-23(3)18-28)31(42)29(43-21-41)19-24-8-10-25(11-9-24)32(33,34)35/h5-12,15,18-19,21-22,27H,13-14,16-17,20H2,1-4H3/b29-19+. The van der Waals surface area contributed by atoms with Crippen LogP contribution in [0.2, 0.25) is 0 Å². The monoisotopic (exact) mass is 595 g/mol. The van der Waals surface area contributed by atoms with Crippen molar-refractivity contribution in [2.24, 2.45) is 0 Å². The van der Waals surface area contributed by atoms with Crippen LogP contribution in [0.4, 0.5) is 24.7 Å². The predicted molar refractivity (Wildman–Crippen MR) is 158 cm³/mol. The number of halogens is 3. The van der Waals surface area contributed by atoms with Crippen LogP contribution in [-0.4, -0.2) is 64.4 Å². The lowest BCUT2D eigenvalue weighted by Gasteiger charge is -2.40. The third-order valence-corrected chi connectivity index (χ3v) is 7.59. The summed E-state index contributed by atoms with van der Waals surface area (Å²) in [7, 11) is 1.90. The van der Waals surface area contributed by atoms with E-state index in [1.165, 1.54) is 18.2 Å². The quantitative estimate of drug-likeness (QED) is 0.162. The molecule has 11 heteroatoms. The van der Waals surface area contributed by atoms with E-state index in [1.807, 2.05) is 49.2 Å². The van der Waals surface area contributed by atoms with Crippen LogP contribution in [0.5, 0.6) is 0 Å². The van der Waals surface area contributed by atoms with Gasteiger partial charge in [-0.25, -0.2) is 4.98 Å². The molecule has 3 heterocycles. The minimum Gasteiger partial charge on any atom is -0.423 e. The van der Waals surface area contributed by atoms with Gasteiger partial charge in [-0.05, 0) is 81.7 Å². The third-order valence-electron chi connectivity index (χ3n) is 7.59. The maximum atomic E-state index is 14.0. The van der Waals surface area contributed by atoms with E-state index in [4.69, 9.17) is 9.72 Å². The fraction of sp³-hybridized carbons (Fsp3) is 0.375. The number of anilines is 2. The van der Waals surface area contributed by atoms with E-state index in [2.05, 4.69) is 23.7 Å². The van der Waals surface area contributed by atoms with Gasteiger partial charge in [0, 0.05) is 49.8 Å². The maximum absolute atomic E-state index is 14.0. The average molecular weight is 596 g/mol. The highest BCUT2D eigenvalue weighted by atomic mass is 19.4. The van der Waals surface area contributed by atoms with Crippen LogP contribution in [-0.2, 0) is 27.0 Å². The largest absolute Gasteiger partial charge is 0.423 e. The van der Waals surface area contributed by atoms with Crippen LogP contribution in [0, 0.1) is 6.92 Å². The molecule has 0 atom stereocenters. The summed E-state index contributed by atoms with van der Waals surface area (Å²) in [5, 5.41) is 0. The van der Waals surface area contributed by atoms with E-state index in [0.717, 1.165) is 36.6 Å². The van der Waals surface area contributed by atoms with Crippen LogP contribution >= 0.6 is 0 Å². The second-order valence-electron chi connectivity index (χ2n) is 10.8. The zero-order chi connectivity index (χ0) is 31.1.